The molecule has 0 aliphatic carbocycles. The van der Waals surface area contributed by atoms with Gasteiger partial charge in [0, 0.05) is 6.42 Å². The molecule has 6 nitrogen and oxygen atoms in total. The summed E-state index contributed by atoms with van der Waals surface area (Å²) in [6, 6.07) is 12.4. The van der Waals surface area contributed by atoms with Gasteiger partial charge in [0.1, 0.15) is 22.6 Å². The lowest BCUT2D eigenvalue weighted by Crippen LogP contribution is -2.24. The molecule has 0 aromatic heterocycles. The number of rotatable bonds is 7. The monoisotopic (exact) mass is 316 g/mol. The summed E-state index contributed by atoms with van der Waals surface area (Å²) < 4.78 is 11.2. The van der Waals surface area contributed by atoms with Crippen molar-refractivity contribution in [1.29, 1.82) is 0 Å². The van der Waals surface area contributed by atoms with Gasteiger partial charge < -0.3 is 19.7 Å². The quantitative estimate of drug-likeness (QED) is 0.761. The highest BCUT2D eigenvalue weighted by atomic mass is 16.7. The molecule has 0 atom stereocenters. The van der Waals surface area contributed by atoms with Crippen molar-refractivity contribution in [3.05, 3.63) is 59.7 Å². The van der Waals surface area contributed by atoms with Crippen molar-refractivity contribution < 1.29 is 29.3 Å². The van der Waals surface area contributed by atoms with E-state index in [1.807, 2.05) is 0 Å². The fourth-order valence-corrected chi connectivity index (χ4v) is 1.97. The first-order valence-electron chi connectivity index (χ1n) is 7.01. The number of para-hydroxylation sites is 2. The van der Waals surface area contributed by atoms with Gasteiger partial charge in [-0.1, -0.05) is 31.2 Å². The Bertz CT molecular complexity index is 650. The summed E-state index contributed by atoms with van der Waals surface area (Å²) >= 11 is 0. The highest BCUT2D eigenvalue weighted by Crippen LogP contribution is 2.24. The first kappa shape index (κ1) is 16.4. The minimum absolute atomic E-state index is 0.0149. The molecular weight excluding hydrogens is 300 g/mol. The molecule has 0 radical (unpaired) electrons. The highest BCUT2D eigenvalue weighted by molar-refractivity contribution is 5.91. The van der Waals surface area contributed by atoms with Crippen LogP contribution in [0.5, 0.6) is 11.5 Å². The van der Waals surface area contributed by atoms with Crippen molar-refractivity contribution in [3.63, 3.8) is 0 Å². The van der Waals surface area contributed by atoms with Gasteiger partial charge in [-0.05, 0) is 24.3 Å². The second-order valence-electron chi connectivity index (χ2n) is 4.68. The smallest absolute Gasteiger partial charge is 0.339 e. The Hall–Kier alpha value is -3.02. The van der Waals surface area contributed by atoms with E-state index in [1.54, 1.807) is 31.2 Å². The number of hydrogen-bond donors (Lipinski definition) is 2. The van der Waals surface area contributed by atoms with E-state index in [0.29, 0.717) is 6.42 Å². The molecule has 0 fully saturated rings. The number of hydrogen-bond acceptors (Lipinski definition) is 4. The van der Waals surface area contributed by atoms with E-state index in [1.165, 1.54) is 24.3 Å². The van der Waals surface area contributed by atoms with Crippen molar-refractivity contribution in [3.8, 4) is 11.5 Å². The van der Waals surface area contributed by atoms with Gasteiger partial charge in [0.25, 0.3) is 0 Å². The first-order valence-corrected chi connectivity index (χ1v) is 7.01. The molecule has 0 saturated carbocycles. The van der Waals surface area contributed by atoms with E-state index in [9.17, 15) is 9.59 Å². The van der Waals surface area contributed by atoms with Crippen LogP contribution in [0.15, 0.2) is 48.5 Å². The van der Waals surface area contributed by atoms with Gasteiger partial charge in [-0.15, -0.1) is 0 Å². The summed E-state index contributed by atoms with van der Waals surface area (Å²) in [5.41, 5.74) is 0.0298. The summed E-state index contributed by atoms with van der Waals surface area (Å²) in [7, 11) is 0. The van der Waals surface area contributed by atoms with E-state index in [-0.39, 0.29) is 22.6 Å². The predicted octanol–water partition coefficient (Wildman–Crippen LogP) is 3.28. The van der Waals surface area contributed by atoms with Crippen molar-refractivity contribution in [2.24, 2.45) is 0 Å². The van der Waals surface area contributed by atoms with Crippen LogP contribution in [0.25, 0.3) is 0 Å². The number of benzene rings is 2. The van der Waals surface area contributed by atoms with Crippen molar-refractivity contribution >= 4 is 11.9 Å². The average molecular weight is 316 g/mol. The van der Waals surface area contributed by atoms with Gasteiger partial charge in [-0.2, -0.15) is 0 Å². The van der Waals surface area contributed by atoms with E-state index < -0.39 is 18.2 Å². The summed E-state index contributed by atoms with van der Waals surface area (Å²) in [6.45, 7) is 1.79. The minimum atomic E-state index is -1.11. The van der Waals surface area contributed by atoms with Crippen LogP contribution >= 0.6 is 0 Å². The zero-order valence-corrected chi connectivity index (χ0v) is 12.4. The Labute approximate surface area is 132 Å². The van der Waals surface area contributed by atoms with Gasteiger partial charge in [0.05, 0.1) is 0 Å². The molecule has 0 spiro atoms. The Kier molecular flexibility index (Phi) is 5.19. The average Bonchev–Trinajstić information content (AvgIpc) is 2.54. The topological polar surface area (TPSA) is 93.1 Å². The second-order valence-corrected chi connectivity index (χ2v) is 4.68. The summed E-state index contributed by atoms with van der Waals surface area (Å²) in [5, 5.41) is 18.3. The van der Waals surface area contributed by atoms with Gasteiger partial charge in [-0.25, -0.2) is 9.59 Å². The maximum atomic E-state index is 11.2. The Morgan fingerprint density at radius 1 is 0.870 bits per heavy atom. The SMILES string of the molecule is CCC(Oc1ccccc1C(=O)O)Oc1ccccc1C(=O)O. The van der Waals surface area contributed by atoms with E-state index >= 15 is 0 Å². The van der Waals surface area contributed by atoms with Gasteiger partial charge in [0.15, 0.2) is 0 Å². The molecule has 6 heteroatoms. The number of carboxylic acid groups (broad SMARTS) is 2. The van der Waals surface area contributed by atoms with Crippen molar-refractivity contribution in [2.45, 2.75) is 19.6 Å². The van der Waals surface area contributed by atoms with Crippen LogP contribution in [-0.4, -0.2) is 28.4 Å². The van der Waals surface area contributed by atoms with Crippen molar-refractivity contribution in [2.75, 3.05) is 0 Å². The molecule has 120 valence electrons. The van der Waals surface area contributed by atoms with Gasteiger partial charge in [0.2, 0.25) is 6.29 Å². The molecule has 23 heavy (non-hydrogen) atoms. The maximum Gasteiger partial charge on any atom is 0.339 e. The van der Waals surface area contributed by atoms with Crippen LogP contribution in [-0.2, 0) is 0 Å². The molecule has 2 rings (SSSR count). The minimum Gasteiger partial charge on any atom is -0.478 e. The largest absolute Gasteiger partial charge is 0.478 e. The van der Waals surface area contributed by atoms with E-state index in [0.717, 1.165) is 0 Å². The molecular formula is C17H16O6. The molecule has 2 aromatic carbocycles. The van der Waals surface area contributed by atoms with Crippen molar-refractivity contribution in [1.82, 2.24) is 0 Å². The predicted molar refractivity (Wildman–Crippen MR) is 82.1 cm³/mol. The van der Waals surface area contributed by atoms with Crippen LogP contribution in [0, 0.1) is 0 Å². The fourth-order valence-electron chi connectivity index (χ4n) is 1.97. The fraction of sp³-hybridized carbons (Fsp3) is 0.176. The van der Waals surface area contributed by atoms with Crippen LogP contribution in [0.1, 0.15) is 34.1 Å². The summed E-state index contributed by atoms with van der Waals surface area (Å²) in [5.74, 6) is -1.89. The van der Waals surface area contributed by atoms with E-state index in [4.69, 9.17) is 19.7 Å². The lowest BCUT2D eigenvalue weighted by molar-refractivity contribution is 0.00143. The second kappa shape index (κ2) is 7.31. The zero-order valence-electron chi connectivity index (χ0n) is 12.4. The molecule has 0 bridgehead atoms. The molecule has 0 amide bonds. The summed E-state index contributed by atoms with van der Waals surface area (Å²) in [4.78, 5) is 22.4. The van der Waals surface area contributed by atoms with E-state index in [2.05, 4.69) is 0 Å². The van der Waals surface area contributed by atoms with Gasteiger partial charge in [-0.3, -0.25) is 0 Å². The third kappa shape index (κ3) is 4.00. The molecule has 0 aliphatic rings. The molecule has 0 aliphatic heterocycles. The molecule has 0 saturated heterocycles. The zero-order chi connectivity index (χ0) is 16.8. The Morgan fingerprint density at radius 2 is 1.26 bits per heavy atom. The Morgan fingerprint density at radius 3 is 1.61 bits per heavy atom. The number of ether oxygens (including phenoxy) is 2. The van der Waals surface area contributed by atoms with Crippen LogP contribution in [0.3, 0.4) is 0 Å². The van der Waals surface area contributed by atoms with Gasteiger partial charge >= 0.3 is 11.9 Å². The highest BCUT2D eigenvalue weighted by Gasteiger charge is 2.18. The number of carbonyl (C=O) groups is 2. The standard InChI is InChI=1S/C17H16O6/c1-2-15(22-13-9-5-3-7-11(13)16(18)19)23-14-10-6-4-8-12(14)17(20)21/h3-10,15H,2H2,1H3,(H,18,19)(H,20,21). The number of aromatic carboxylic acids is 2. The van der Waals surface area contributed by atoms with Crippen LogP contribution < -0.4 is 9.47 Å². The lowest BCUT2D eigenvalue weighted by atomic mass is 10.2. The molecule has 2 aromatic rings. The third-order valence-electron chi connectivity index (χ3n) is 3.09. The van der Waals surface area contributed by atoms with Crippen LogP contribution in [0.2, 0.25) is 0 Å². The van der Waals surface area contributed by atoms with Crippen LogP contribution in [0.4, 0.5) is 0 Å². The third-order valence-corrected chi connectivity index (χ3v) is 3.09. The summed E-state index contributed by atoms with van der Waals surface area (Å²) in [6.07, 6.45) is -0.405. The molecule has 0 unspecified atom stereocenters. The lowest BCUT2D eigenvalue weighted by Gasteiger charge is -2.21. The number of carboxylic acids is 2. The molecule has 0 heterocycles. The first-order chi connectivity index (χ1) is 11.0. The maximum absolute atomic E-state index is 11.2. The normalized spacial score (nSPS) is 10.3. The Balaban J connectivity index is 2.22. The molecule has 2 N–H and O–H groups in total.